The van der Waals surface area contributed by atoms with Crippen LogP contribution in [0, 0.1) is 6.92 Å². The van der Waals surface area contributed by atoms with Crippen molar-refractivity contribution in [2.24, 2.45) is 7.05 Å². The van der Waals surface area contributed by atoms with Crippen molar-refractivity contribution in [3.63, 3.8) is 0 Å². The molecule has 0 N–H and O–H groups in total. The molecule has 0 spiro atoms. The molecule has 5 nitrogen and oxygen atoms in total. The molecule has 0 saturated heterocycles. The molecule has 2 heterocycles. The van der Waals surface area contributed by atoms with E-state index in [0.29, 0.717) is 11.7 Å². The lowest BCUT2D eigenvalue weighted by atomic mass is 9.98. The number of aryl methyl sites for hydroxylation is 1. The smallest absolute Gasteiger partial charge is 0.168 e. The summed E-state index contributed by atoms with van der Waals surface area (Å²) in [6, 6.07) is 15.9. The maximum atomic E-state index is 12.9. The summed E-state index contributed by atoms with van der Waals surface area (Å²) in [7, 11) is 2.02. The predicted octanol–water partition coefficient (Wildman–Crippen LogP) is 6.08. The number of hydrogen-bond acceptors (Lipinski definition) is 4. The Hall–Kier alpha value is -3.47. The molecule has 1 saturated carbocycles. The molecule has 1 aliphatic rings. The monoisotopic (exact) mass is 439 g/mol. The summed E-state index contributed by atoms with van der Waals surface area (Å²) in [4.78, 5) is 21.8. The summed E-state index contributed by atoms with van der Waals surface area (Å²) in [6.07, 6.45) is 10.3. The van der Waals surface area contributed by atoms with E-state index in [-0.39, 0.29) is 12.2 Å². The van der Waals surface area contributed by atoms with Crippen LogP contribution in [0.2, 0.25) is 0 Å². The SMILES string of the molecule is Cc1ncc(-c2ccc3cnc(CC(=O)c4ccc(OC5CCCCC5)cc4)cc3c2)n1C. The Morgan fingerprint density at radius 1 is 0.970 bits per heavy atom. The molecule has 0 bridgehead atoms. The van der Waals surface area contributed by atoms with Crippen molar-refractivity contribution in [1.29, 1.82) is 0 Å². The van der Waals surface area contributed by atoms with Crippen molar-refractivity contribution in [1.82, 2.24) is 14.5 Å². The number of benzene rings is 2. The van der Waals surface area contributed by atoms with E-state index < -0.39 is 0 Å². The molecule has 1 aliphatic carbocycles. The Morgan fingerprint density at radius 3 is 2.48 bits per heavy atom. The zero-order valence-electron chi connectivity index (χ0n) is 19.3. The Labute approximate surface area is 194 Å². The van der Waals surface area contributed by atoms with Gasteiger partial charge < -0.3 is 9.30 Å². The van der Waals surface area contributed by atoms with Crippen molar-refractivity contribution < 1.29 is 9.53 Å². The Bertz CT molecular complexity index is 1280. The Balaban J connectivity index is 1.30. The number of carbonyl (C=O) groups excluding carboxylic acids is 1. The molecule has 5 heteroatoms. The van der Waals surface area contributed by atoms with E-state index in [1.807, 2.05) is 56.7 Å². The standard InChI is InChI=1S/C28H29N3O2/c1-19-29-18-27(31(19)2)21-8-9-22-17-30-24(15-23(22)14-21)16-28(32)20-10-12-26(13-11-20)33-25-6-4-3-5-7-25/h8-15,17-18,25H,3-7,16H2,1-2H3. The van der Waals surface area contributed by atoms with Crippen LogP contribution in [0.5, 0.6) is 5.75 Å². The third-order valence-corrected chi connectivity index (χ3v) is 6.67. The molecule has 0 aliphatic heterocycles. The minimum Gasteiger partial charge on any atom is -0.490 e. The number of fused-ring (bicyclic) bond motifs is 1. The number of pyridine rings is 1. The number of nitrogens with zero attached hydrogens (tertiary/aromatic N) is 3. The van der Waals surface area contributed by atoms with Crippen LogP contribution in [0.4, 0.5) is 0 Å². The van der Waals surface area contributed by atoms with Crippen LogP contribution < -0.4 is 4.74 Å². The van der Waals surface area contributed by atoms with E-state index in [0.717, 1.165) is 52.1 Å². The van der Waals surface area contributed by atoms with Crippen LogP contribution in [0.25, 0.3) is 22.0 Å². The van der Waals surface area contributed by atoms with Gasteiger partial charge in [0.05, 0.1) is 24.4 Å². The van der Waals surface area contributed by atoms with Gasteiger partial charge in [-0.15, -0.1) is 0 Å². The molecule has 5 rings (SSSR count). The van der Waals surface area contributed by atoms with Gasteiger partial charge in [0, 0.05) is 35.5 Å². The van der Waals surface area contributed by atoms with Crippen LogP contribution in [0.3, 0.4) is 0 Å². The molecule has 4 aromatic rings. The average molecular weight is 440 g/mol. The van der Waals surface area contributed by atoms with Gasteiger partial charge >= 0.3 is 0 Å². The van der Waals surface area contributed by atoms with Gasteiger partial charge in [0.15, 0.2) is 5.78 Å². The molecule has 0 unspecified atom stereocenters. The van der Waals surface area contributed by atoms with Crippen molar-refractivity contribution in [2.45, 2.75) is 51.6 Å². The Morgan fingerprint density at radius 2 is 1.76 bits per heavy atom. The summed E-state index contributed by atoms with van der Waals surface area (Å²) in [6.45, 7) is 1.99. The highest BCUT2D eigenvalue weighted by Gasteiger charge is 2.15. The molecular formula is C28H29N3O2. The molecular weight excluding hydrogens is 410 g/mol. The summed E-state index contributed by atoms with van der Waals surface area (Å²) in [5, 5.41) is 2.12. The predicted molar refractivity (Wildman–Crippen MR) is 131 cm³/mol. The van der Waals surface area contributed by atoms with E-state index in [2.05, 4.69) is 32.7 Å². The molecule has 168 valence electrons. The minimum absolute atomic E-state index is 0.0597. The fourth-order valence-corrected chi connectivity index (χ4v) is 4.57. The molecule has 0 radical (unpaired) electrons. The van der Waals surface area contributed by atoms with Gasteiger partial charge in [-0.3, -0.25) is 9.78 Å². The van der Waals surface area contributed by atoms with E-state index in [1.54, 1.807) is 0 Å². The van der Waals surface area contributed by atoms with Crippen molar-refractivity contribution in [2.75, 3.05) is 0 Å². The first-order chi connectivity index (χ1) is 16.1. The van der Waals surface area contributed by atoms with E-state index >= 15 is 0 Å². The normalized spacial score (nSPS) is 14.5. The lowest BCUT2D eigenvalue weighted by Crippen LogP contribution is -2.19. The lowest BCUT2D eigenvalue weighted by Gasteiger charge is -2.23. The maximum Gasteiger partial charge on any atom is 0.168 e. The first-order valence-corrected chi connectivity index (χ1v) is 11.7. The zero-order valence-corrected chi connectivity index (χ0v) is 19.3. The minimum atomic E-state index is 0.0597. The second-order valence-corrected chi connectivity index (χ2v) is 8.99. The fraction of sp³-hybridized carbons (Fsp3) is 0.321. The first kappa shape index (κ1) is 21.4. The number of carbonyl (C=O) groups is 1. The molecule has 0 atom stereocenters. The molecule has 2 aromatic carbocycles. The van der Waals surface area contributed by atoms with Gasteiger partial charge in [0.1, 0.15) is 11.6 Å². The van der Waals surface area contributed by atoms with Crippen LogP contribution in [-0.4, -0.2) is 26.4 Å². The molecule has 0 amide bonds. The zero-order chi connectivity index (χ0) is 22.8. The summed E-state index contributed by atoms with van der Waals surface area (Å²) in [5.41, 5.74) is 3.63. The number of rotatable bonds is 6. The quantitative estimate of drug-likeness (QED) is 0.342. The summed E-state index contributed by atoms with van der Waals surface area (Å²) >= 11 is 0. The highest BCUT2D eigenvalue weighted by Crippen LogP contribution is 2.26. The highest BCUT2D eigenvalue weighted by molar-refractivity contribution is 5.98. The number of aromatic nitrogens is 3. The Kier molecular flexibility index (Phi) is 5.95. The van der Waals surface area contributed by atoms with Crippen LogP contribution in [0.1, 0.15) is 54.0 Å². The topological polar surface area (TPSA) is 57.0 Å². The van der Waals surface area contributed by atoms with Crippen LogP contribution >= 0.6 is 0 Å². The van der Waals surface area contributed by atoms with Gasteiger partial charge in [-0.2, -0.15) is 0 Å². The largest absolute Gasteiger partial charge is 0.490 e. The number of Topliss-reactive ketones (excluding diaryl/α,β-unsaturated/α-hetero) is 1. The summed E-state index contributed by atoms with van der Waals surface area (Å²) in [5.74, 6) is 1.88. The number of hydrogen-bond donors (Lipinski definition) is 0. The van der Waals surface area contributed by atoms with Crippen molar-refractivity contribution in [3.05, 3.63) is 78.0 Å². The van der Waals surface area contributed by atoms with Crippen molar-refractivity contribution >= 4 is 16.6 Å². The molecule has 33 heavy (non-hydrogen) atoms. The molecule has 2 aromatic heterocycles. The second kappa shape index (κ2) is 9.18. The van der Waals surface area contributed by atoms with Gasteiger partial charge in [0.2, 0.25) is 0 Å². The summed E-state index contributed by atoms with van der Waals surface area (Å²) < 4.78 is 8.16. The second-order valence-electron chi connectivity index (χ2n) is 8.99. The number of imidazole rings is 1. The van der Waals surface area contributed by atoms with Gasteiger partial charge in [-0.25, -0.2) is 4.98 Å². The van der Waals surface area contributed by atoms with E-state index in [1.165, 1.54) is 19.3 Å². The van der Waals surface area contributed by atoms with E-state index in [9.17, 15) is 4.79 Å². The first-order valence-electron chi connectivity index (χ1n) is 11.7. The number of ketones is 1. The van der Waals surface area contributed by atoms with Crippen molar-refractivity contribution in [3.8, 4) is 17.0 Å². The number of ether oxygens (including phenoxy) is 1. The third kappa shape index (κ3) is 4.68. The van der Waals surface area contributed by atoms with Gasteiger partial charge in [-0.1, -0.05) is 18.6 Å². The average Bonchev–Trinajstić information content (AvgIpc) is 3.18. The maximum absolute atomic E-state index is 12.9. The van der Waals surface area contributed by atoms with Gasteiger partial charge in [0.25, 0.3) is 0 Å². The van der Waals surface area contributed by atoms with Crippen LogP contribution in [0.15, 0.2) is 60.9 Å². The van der Waals surface area contributed by atoms with E-state index in [4.69, 9.17) is 4.74 Å². The third-order valence-electron chi connectivity index (χ3n) is 6.67. The van der Waals surface area contributed by atoms with Gasteiger partial charge in [-0.05, 0) is 74.4 Å². The van der Waals surface area contributed by atoms with Crippen LogP contribution in [-0.2, 0) is 13.5 Å². The molecule has 1 fully saturated rings. The fourth-order valence-electron chi connectivity index (χ4n) is 4.57. The lowest BCUT2D eigenvalue weighted by molar-refractivity contribution is 0.0992. The highest BCUT2D eigenvalue weighted by atomic mass is 16.5.